The highest BCUT2D eigenvalue weighted by Crippen LogP contribution is 1.95. The first-order chi connectivity index (χ1) is 3.81. The van der Waals surface area contributed by atoms with Gasteiger partial charge < -0.3 is 4.74 Å². The van der Waals surface area contributed by atoms with E-state index in [2.05, 4.69) is 31.9 Å². The number of rotatable bonds is 4. The molecule has 1 nitrogen and oxygen atoms in total. The van der Waals surface area contributed by atoms with Gasteiger partial charge >= 0.3 is 0 Å². The average Bonchev–Trinajstić information content (AvgIpc) is 1.83. The molecule has 0 saturated heterocycles. The van der Waals surface area contributed by atoms with Gasteiger partial charge in [0.05, 0.1) is 12.7 Å². The van der Waals surface area contributed by atoms with Crippen molar-refractivity contribution in [1.29, 1.82) is 0 Å². The molecule has 0 unspecified atom stereocenters. The summed E-state index contributed by atoms with van der Waals surface area (Å²) in [6, 6.07) is 0. The Bertz CT molecular complexity index is 49.7. The lowest BCUT2D eigenvalue weighted by Crippen LogP contribution is -2.10. The molecule has 0 aliphatic rings. The quantitative estimate of drug-likeness (QED) is 0.690. The predicted molar refractivity (Wildman–Crippen MR) is 43.0 cm³/mol. The van der Waals surface area contributed by atoms with Crippen LogP contribution in [0.4, 0.5) is 0 Å². The van der Waals surface area contributed by atoms with Crippen LogP contribution in [0.2, 0.25) is 0 Å². The summed E-state index contributed by atoms with van der Waals surface area (Å²) in [5.41, 5.74) is 0. The summed E-state index contributed by atoms with van der Waals surface area (Å²) in [5.74, 6) is 0. The van der Waals surface area contributed by atoms with Crippen molar-refractivity contribution < 1.29 is 4.74 Å². The minimum atomic E-state index is 0.340. The van der Waals surface area contributed by atoms with E-state index in [1.54, 1.807) is 0 Å². The summed E-state index contributed by atoms with van der Waals surface area (Å²) in [6.07, 6.45) is 0.340. The Morgan fingerprint density at radius 3 is 2.50 bits per heavy atom. The van der Waals surface area contributed by atoms with E-state index in [-0.39, 0.29) is 0 Å². The molecular formula is C5H10Br2O. The van der Waals surface area contributed by atoms with Gasteiger partial charge in [0.15, 0.2) is 0 Å². The zero-order chi connectivity index (χ0) is 6.41. The zero-order valence-corrected chi connectivity index (χ0v) is 8.03. The molecule has 0 amide bonds. The van der Waals surface area contributed by atoms with Crippen molar-refractivity contribution in [3.05, 3.63) is 0 Å². The van der Waals surface area contributed by atoms with Crippen LogP contribution >= 0.6 is 31.9 Å². The topological polar surface area (TPSA) is 9.23 Å². The van der Waals surface area contributed by atoms with Gasteiger partial charge in [-0.3, -0.25) is 0 Å². The average molecular weight is 246 g/mol. The van der Waals surface area contributed by atoms with E-state index in [0.29, 0.717) is 6.10 Å². The summed E-state index contributed by atoms with van der Waals surface area (Å²) in [5, 5.41) is 1.84. The maximum absolute atomic E-state index is 5.25. The van der Waals surface area contributed by atoms with Crippen LogP contribution in [0.1, 0.15) is 6.92 Å². The molecule has 0 N–H and O–H groups in total. The van der Waals surface area contributed by atoms with Gasteiger partial charge in [0, 0.05) is 10.7 Å². The van der Waals surface area contributed by atoms with Gasteiger partial charge in [-0.1, -0.05) is 31.9 Å². The normalized spacial score (nSPS) is 13.9. The van der Waals surface area contributed by atoms with E-state index in [4.69, 9.17) is 4.74 Å². The Balaban J connectivity index is 2.86. The summed E-state index contributed by atoms with van der Waals surface area (Å²) < 4.78 is 5.25. The monoisotopic (exact) mass is 244 g/mol. The molecule has 0 aromatic heterocycles. The highest BCUT2D eigenvalue weighted by atomic mass is 79.9. The molecule has 1 atom stereocenters. The number of hydrogen-bond acceptors (Lipinski definition) is 1. The van der Waals surface area contributed by atoms with E-state index < -0.39 is 0 Å². The van der Waals surface area contributed by atoms with Crippen molar-refractivity contribution >= 4 is 31.9 Å². The molecule has 0 heterocycles. The molecule has 3 heteroatoms. The van der Waals surface area contributed by atoms with Gasteiger partial charge in [-0.15, -0.1) is 0 Å². The van der Waals surface area contributed by atoms with Crippen LogP contribution in [0.25, 0.3) is 0 Å². The van der Waals surface area contributed by atoms with Crippen LogP contribution in [-0.4, -0.2) is 23.4 Å². The Hall–Kier alpha value is 0.920. The fraction of sp³-hybridized carbons (Fsp3) is 1.00. The van der Waals surface area contributed by atoms with Gasteiger partial charge in [0.1, 0.15) is 0 Å². The molecule has 0 fully saturated rings. The molecule has 0 rings (SSSR count). The SMILES string of the molecule is C[C@@H](CBr)OCCBr. The standard InChI is InChI=1S/C5H10Br2O/c1-5(4-7)8-3-2-6/h5H,2-4H2,1H3/t5-/m0/s1. The highest BCUT2D eigenvalue weighted by Gasteiger charge is 1.95. The van der Waals surface area contributed by atoms with Crippen LogP contribution in [-0.2, 0) is 4.74 Å². The third kappa shape index (κ3) is 5.06. The molecule has 8 heavy (non-hydrogen) atoms. The number of halogens is 2. The second-order valence-electron chi connectivity index (χ2n) is 1.52. The lowest BCUT2D eigenvalue weighted by molar-refractivity contribution is 0.0967. The van der Waals surface area contributed by atoms with Crippen LogP contribution in [0, 0.1) is 0 Å². The number of alkyl halides is 2. The first-order valence-electron chi connectivity index (χ1n) is 2.54. The lowest BCUT2D eigenvalue weighted by Gasteiger charge is -2.06. The fourth-order valence-corrected chi connectivity index (χ4v) is 0.664. The maximum Gasteiger partial charge on any atom is 0.0644 e. The van der Waals surface area contributed by atoms with Crippen LogP contribution in [0.5, 0.6) is 0 Å². The molecule has 0 radical (unpaired) electrons. The van der Waals surface area contributed by atoms with Crippen LogP contribution in [0.3, 0.4) is 0 Å². The van der Waals surface area contributed by atoms with Gasteiger partial charge in [0.2, 0.25) is 0 Å². The predicted octanol–water partition coefficient (Wildman–Crippen LogP) is 2.18. The van der Waals surface area contributed by atoms with E-state index >= 15 is 0 Å². The van der Waals surface area contributed by atoms with E-state index in [9.17, 15) is 0 Å². The summed E-state index contributed by atoms with van der Waals surface area (Å²) in [4.78, 5) is 0. The van der Waals surface area contributed by atoms with Crippen molar-refractivity contribution in [3.63, 3.8) is 0 Å². The van der Waals surface area contributed by atoms with Crippen molar-refractivity contribution in [3.8, 4) is 0 Å². The van der Waals surface area contributed by atoms with Gasteiger partial charge in [-0.05, 0) is 6.92 Å². The number of hydrogen-bond donors (Lipinski definition) is 0. The van der Waals surface area contributed by atoms with Gasteiger partial charge in [-0.2, -0.15) is 0 Å². The first-order valence-corrected chi connectivity index (χ1v) is 4.79. The summed E-state index contributed by atoms with van der Waals surface area (Å²) in [7, 11) is 0. The third-order valence-corrected chi connectivity index (χ3v) is 1.93. The smallest absolute Gasteiger partial charge is 0.0644 e. The fourth-order valence-electron chi connectivity index (χ4n) is 0.290. The van der Waals surface area contributed by atoms with Crippen LogP contribution < -0.4 is 0 Å². The molecule has 50 valence electrons. The van der Waals surface area contributed by atoms with Gasteiger partial charge in [-0.25, -0.2) is 0 Å². The third-order valence-electron chi connectivity index (χ3n) is 0.697. The van der Waals surface area contributed by atoms with Crippen LogP contribution in [0.15, 0.2) is 0 Å². The Morgan fingerprint density at radius 2 is 2.12 bits per heavy atom. The molecule has 0 aromatic rings. The summed E-state index contributed by atoms with van der Waals surface area (Å²) in [6.45, 7) is 2.84. The lowest BCUT2D eigenvalue weighted by atomic mass is 10.5. The van der Waals surface area contributed by atoms with Crippen molar-refractivity contribution in [1.82, 2.24) is 0 Å². The molecule has 0 bridgehead atoms. The molecule has 0 spiro atoms. The minimum Gasteiger partial charge on any atom is -0.377 e. The Labute approximate surface area is 67.0 Å². The van der Waals surface area contributed by atoms with Crippen molar-refractivity contribution in [2.75, 3.05) is 17.3 Å². The first kappa shape index (κ1) is 8.92. The Kier molecular flexibility index (Phi) is 6.74. The largest absolute Gasteiger partial charge is 0.377 e. The molecule has 0 aromatic carbocycles. The zero-order valence-electron chi connectivity index (χ0n) is 4.86. The Morgan fingerprint density at radius 1 is 1.50 bits per heavy atom. The van der Waals surface area contributed by atoms with Gasteiger partial charge in [0.25, 0.3) is 0 Å². The van der Waals surface area contributed by atoms with E-state index in [1.807, 2.05) is 6.92 Å². The number of ether oxygens (including phenoxy) is 1. The molecule has 0 saturated carbocycles. The van der Waals surface area contributed by atoms with E-state index in [0.717, 1.165) is 17.3 Å². The summed E-state index contributed by atoms with van der Waals surface area (Å²) >= 11 is 6.57. The minimum absolute atomic E-state index is 0.340. The highest BCUT2D eigenvalue weighted by molar-refractivity contribution is 9.09. The molecule has 0 aliphatic heterocycles. The molecule has 0 aliphatic carbocycles. The van der Waals surface area contributed by atoms with E-state index in [1.165, 1.54) is 0 Å². The van der Waals surface area contributed by atoms with Crippen molar-refractivity contribution in [2.24, 2.45) is 0 Å². The maximum atomic E-state index is 5.25. The molecular weight excluding hydrogens is 236 g/mol. The second kappa shape index (κ2) is 6.05. The van der Waals surface area contributed by atoms with Crippen molar-refractivity contribution in [2.45, 2.75) is 13.0 Å². The second-order valence-corrected chi connectivity index (χ2v) is 2.97.